The number of halogens is 2. The minimum Gasteiger partial charge on any atom is -0.396 e. The molecule has 0 aliphatic rings. The summed E-state index contributed by atoms with van der Waals surface area (Å²) in [6, 6.07) is 3.63. The Labute approximate surface area is 91.5 Å². The van der Waals surface area contributed by atoms with Gasteiger partial charge in [0.1, 0.15) is 0 Å². The van der Waals surface area contributed by atoms with Crippen LogP contribution in [0.25, 0.3) is 10.9 Å². The van der Waals surface area contributed by atoms with E-state index in [-0.39, 0.29) is 6.61 Å². The second kappa shape index (κ2) is 3.81. The number of aliphatic hydroxyl groups is 1. The van der Waals surface area contributed by atoms with Gasteiger partial charge in [-0.2, -0.15) is 0 Å². The highest BCUT2D eigenvalue weighted by atomic mass is 35.5. The van der Waals surface area contributed by atoms with Gasteiger partial charge in [0.2, 0.25) is 0 Å². The van der Waals surface area contributed by atoms with Crippen molar-refractivity contribution in [2.45, 2.75) is 6.42 Å². The third kappa shape index (κ3) is 1.50. The van der Waals surface area contributed by atoms with Gasteiger partial charge in [-0.25, -0.2) is 0 Å². The molecule has 2 rings (SSSR count). The van der Waals surface area contributed by atoms with Gasteiger partial charge in [-0.05, 0) is 24.1 Å². The summed E-state index contributed by atoms with van der Waals surface area (Å²) in [7, 11) is 0. The van der Waals surface area contributed by atoms with Gasteiger partial charge in [-0.3, -0.25) is 0 Å². The average molecular weight is 230 g/mol. The molecule has 0 aliphatic carbocycles. The molecular weight excluding hydrogens is 221 g/mol. The van der Waals surface area contributed by atoms with Crippen LogP contribution in [0, 0.1) is 0 Å². The predicted molar refractivity (Wildman–Crippen MR) is 59.1 cm³/mol. The van der Waals surface area contributed by atoms with Gasteiger partial charge in [-0.1, -0.05) is 23.2 Å². The van der Waals surface area contributed by atoms with E-state index in [1.807, 2.05) is 12.3 Å². The smallest absolute Gasteiger partial charge is 0.0688 e. The van der Waals surface area contributed by atoms with E-state index in [9.17, 15) is 0 Å². The first-order valence-corrected chi connectivity index (χ1v) is 5.04. The first kappa shape index (κ1) is 9.84. The molecule has 2 aromatic rings. The first-order valence-electron chi connectivity index (χ1n) is 4.29. The van der Waals surface area contributed by atoms with Crippen LogP contribution in [0.1, 0.15) is 5.56 Å². The average Bonchev–Trinajstić information content (AvgIpc) is 2.57. The van der Waals surface area contributed by atoms with E-state index < -0.39 is 0 Å². The fraction of sp³-hybridized carbons (Fsp3) is 0.200. The Morgan fingerprint density at radius 2 is 2.07 bits per heavy atom. The summed E-state index contributed by atoms with van der Waals surface area (Å²) in [5.74, 6) is 0. The lowest BCUT2D eigenvalue weighted by Gasteiger charge is -2.00. The molecule has 0 unspecified atom stereocenters. The van der Waals surface area contributed by atoms with Crippen molar-refractivity contribution in [3.8, 4) is 0 Å². The number of nitrogens with one attached hydrogen (secondary N) is 1. The van der Waals surface area contributed by atoms with Crippen LogP contribution in [-0.4, -0.2) is 16.7 Å². The summed E-state index contributed by atoms with van der Waals surface area (Å²) in [5.41, 5.74) is 1.94. The number of rotatable bonds is 2. The summed E-state index contributed by atoms with van der Waals surface area (Å²) in [6.45, 7) is 0.107. The maximum Gasteiger partial charge on any atom is 0.0688 e. The maximum atomic E-state index is 8.87. The van der Waals surface area contributed by atoms with E-state index >= 15 is 0 Å². The number of fused-ring (bicyclic) bond motifs is 1. The van der Waals surface area contributed by atoms with Crippen LogP contribution in [0.5, 0.6) is 0 Å². The third-order valence-corrected chi connectivity index (χ3v) is 3.00. The molecule has 74 valence electrons. The Bertz CT molecular complexity index is 464. The van der Waals surface area contributed by atoms with Crippen molar-refractivity contribution in [2.75, 3.05) is 6.61 Å². The first-order chi connectivity index (χ1) is 6.74. The molecule has 0 spiro atoms. The van der Waals surface area contributed by atoms with Crippen LogP contribution in [-0.2, 0) is 6.42 Å². The number of hydrogen-bond acceptors (Lipinski definition) is 1. The molecule has 0 bridgehead atoms. The van der Waals surface area contributed by atoms with E-state index in [1.54, 1.807) is 6.07 Å². The van der Waals surface area contributed by atoms with Crippen molar-refractivity contribution in [1.82, 2.24) is 4.98 Å². The summed E-state index contributed by atoms with van der Waals surface area (Å²) in [5, 5.41) is 10.9. The molecule has 0 radical (unpaired) electrons. The summed E-state index contributed by atoms with van der Waals surface area (Å²) >= 11 is 12.0. The predicted octanol–water partition coefficient (Wildman–Crippen LogP) is 3.01. The molecule has 0 atom stereocenters. The Morgan fingerprint density at radius 3 is 2.79 bits per heavy atom. The molecule has 14 heavy (non-hydrogen) atoms. The monoisotopic (exact) mass is 229 g/mol. The molecule has 0 fully saturated rings. The van der Waals surface area contributed by atoms with E-state index in [0.717, 1.165) is 16.5 Å². The second-order valence-corrected chi connectivity index (χ2v) is 3.86. The zero-order valence-electron chi connectivity index (χ0n) is 7.35. The van der Waals surface area contributed by atoms with E-state index in [1.165, 1.54) is 0 Å². The molecule has 1 aromatic heterocycles. The van der Waals surface area contributed by atoms with Gasteiger partial charge in [0.25, 0.3) is 0 Å². The molecular formula is C10H9Cl2NO. The van der Waals surface area contributed by atoms with Crippen molar-refractivity contribution in [1.29, 1.82) is 0 Å². The fourth-order valence-corrected chi connectivity index (χ4v) is 1.98. The molecule has 4 heteroatoms. The minimum atomic E-state index is 0.107. The highest BCUT2D eigenvalue weighted by Crippen LogP contribution is 2.32. The Kier molecular flexibility index (Phi) is 2.68. The van der Waals surface area contributed by atoms with Gasteiger partial charge >= 0.3 is 0 Å². The lowest BCUT2D eigenvalue weighted by Crippen LogP contribution is -1.88. The SMILES string of the molecule is OCCc1c[nH]c2ccc(Cl)c(Cl)c12. The number of aliphatic hydroxyl groups excluding tert-OH is 1. The standard InChI is InChI=1S/C10H9Cl2NO/c11-7-1-2-8-9(10(7)12)6(3-4-14)5-13-8/h1-2,5,13-14H,3-4H2. The Morgan fingerprint density at radius 1 is 1.29 bits per heavy atom. The van der Waals surface area contributed by atoms with Crippen LogP contribution in [0.2, 0.25) is 10.0 Å². The zero-order chi connectivity index (χ0) is 10.1. The molecule has 0 saturated heterocycles. The Hall–Kier alpha value is -0.700. The largest absolute Gasteiger partial charge is 0.396 e. The topological polar surface area (TPSA) is 36.0 Å². The number of hydrogen-bond donors (Lipinski definition) is 2. The lowest BCUT2D eigenvalue weighted by molar-refractivity contribution is 0.300. The maximum absolute atomic E-state index is 8.87. The van der Waals surface area contributed by atoms with Crippen molar-refractivity contribution in [2.24, 2.45) is 0 Å². The third-order valence-electron chi connectivity index (χ3n) is 2.20. The second-order valence-electron chi connectivity index (χ2n) is 3.07. The summed E-state index contributed by atoms with van der Waals surface area (Å²) in [4.78, 5) is 3.09. The van der Waals surface area contributed by atoms with Crippen LogP contribution < -0.4 is 0 Å². The van der Waals surface area contributed by atoms with Crippen LogP contribution in [0.4, 0.5) is 0 Å². The van der Waals surface area contributed by atoms with Crippen molar-refractivity contribution in [3.05, 3.63) is 33.9 Å². The number of benzene rings is 1. The number of aromatic nitrogens is 1. The normalized spacial score (nSPS) is 11.1. The highest BCUT2D eigenvalue weighted by molar-refractivity contribution is 6.45. The Balaban J connectivity index is 2.69. The van der Waals surface area contributed by atoms with Crippen LogP contribution >= 0.6 is 23.2 Å². The van der Waals surface area contributed by atoms with E-state index in [4.69, 9.17) is 28.3 Å². The van der Waals surface area contributed by atoms with Gasteiger partial charge in [0.15, 0.2) is 0 Å². The van der Waals surface area contributed by atoms with E-state index in [2.05, 4.69) is 4.98 Å². The van der Waals surface area contributed by atoms with Crippen LogP contribution in [0.3, 0.4) is 0 Å². The molecule has 1 heterocycles. The van der Waals surface area contributed by atoms with Gasteiger partial charge in [0, 0.05) is 23.7 Å². The molecule has 0 aliphatic heterocycles. The quantitative estimate of drug-likeness (QED) is 0.817. The van der Waals surface area contributed by atoms with Gasteiger partial charge in [0.05, 0.1) is 10.0 Å². The van der Waals surface area contributed by atoms with Crippen molar-refractivity contribution < 1.29 is 5.11 Å². The molecule has 0 saturated carbocycles. The minimum absolute atomic E-state index is 0.107. The van der Waals surface area contributed by atoms with Crippen LogP contribution in [0.15, 0.2) is 18.3 Å². The van der Waals surface area contributed by atoms with E-state index in [0.29, 0.717) is 16.5 Å². The lowest BCUT2D eigenvalue weighted by atomic mass is 10.1. The van der Waals surface area contributed by atoms with Crippen molar-refractivity contribution >= 4 is 34.1 Å². The fourth-order valence-electron chi connectivity index (χ4n) is 1.54. The number of aromatic amines is 1. The zero-order valence-corrected chi connectivity index (χ0v) is 8.86. The van der Waals surface area contributed by atoms with Crippen molar-refractivity contribution in [3.63, 3.8) is 0 Å². The molecule has 0 amide bonds. The van der Waals surface area contributed by atoms with Gasteiger partial charge < -0.3 is 10.1 Å². The number of H-pyrrole nitrogens is 1. The van der Waals surface area contributed by atoms with Gasteiger partial charge in [-0.15, -0.1) is 0 Å². The summed E-state index contributed by atoms with van der Waals surface area (Å²) < 4.78 is 0. The highest BCUT2D eigenvalue weighted by Gasteiger charge is 2.09. The molecule has 2 nitrogen and oxygen atoms in total. The molecule has 2 N–H and O–H groups in total. The summed E-state index contributed by atoms with van der Waals surface area (Å²) in [6.07, 6.45) is 2.43. The molecule has 1 aromatic carbocycles.